The van der Waals surface area contributed by atoms with Gasteiger partial charge in [0.2, 0.25) is 0 Å². The van der Waals surface area contributed by atoms with Crippen molar-refractivity contribution < 1.29 is 0 Å². The van der Waals surface area contributed by atoms with Crippen LogP contribution < -0.4 is 11.3 Å². The van der Waals surface area contributed by atoms with Gasteiger partial charge in [-0.3, -0.25) is 16.3 Å². The number of hydrogen-bond donors (Lipinski definition) is 2. The van der Waals surface area contributed by atoms with Gasteiger partial charge in [-0.1, -0.05) is 29.3 Å². The van der Waals surface area contributed by atoms with Crippen LogP contribution in [-0.2, 0) is 6.42 Å². The van der Waals surface area contributed by atoms with E-state index in [4.69, 9.17) is 5.84 Å². The molecule has 0 aliphatic carbocycles. The van der Waals surface area contributed by atoms with Crippen molar-refractivity contribution in [3.8, 4) is 0 Å². The molecule has 1 atom stereocenters. The Kier molecular flexibility index (Phi) is 4.69. The first-order valence-corrected chi connectivity index (χ1v) is 7.02. The Hall–Kier alpha value is -1.23. The minimum absolute atomic E-state index is 0.0762. The fourth-order valence-electron chi connectivity index (χ4n) is 2.22. The van der Waals surface area contributed by atoms with E-state index in [0.29, 0.717) is 0 Å². The molecular formula is C15H18BrN3. The Labute approximate surface area is 122 Å². The fourth-order valence-corrected chi connectivity index (χ4v) is 2.45. The van der Waals surface area contributed by atoms with E-state index in [1.54, 1.807) is 0 Å². The molecule has 0 aliphatic rings. The summed E-state index contributed by atoms with van der Waals surface area (Å²) < 4.78 is 0.986. The molecule has 1 heterocycles. The summed E-state index contributed by atoms with van der Waals surface area (Å²) in [7, 11) is 0. The van der Waals surface area contributed by atoms with E-state index >= 15 is 0 Å². The molecular weight excluding hydrogens is 302 g/mol. The van der Waals surface area contributed by atoms with Crippen molar-refractivity contribution in [3.63, 3.8) is 0 Å². The summed E-state index contributed by atoms with van der Waals surface area (Å²) in [5.41, 5.74) is 7.60. The largest absolute Gasteiger partial charge is 0.271 e. The highest BCUT2D eigenvalue weighted by Crippen LogP contribution is 2.20. The molecule has 1 unspecified atom stereocenters. The average Bonchev–Trinajstić information content (AvgIpc) is 2.37. The first-order chi connectivity index (χ1) is 9.08. The van der Waals surface area contributed by atoms with Crippen LogP contribution in [0, 0.1) is 13.8 Å². The lowest BCUT2D eigenvalue weighted by molar-refractivity contribution is 0.545. The van der Waals surface area contributed by atoms with E-state index in [1.807, 2.05) is 18.3 Å². The zero-order chi connectivity index (χ0) is 13.8. The van der Waals surface area contributed by atoms with Gasteiger partial charge in [-0.15, -0.1) is 0 Å². The summed E-state index contributed by atoms with van der Waals surface area (Å²) in [6, 6.07) is 10.6. The molecule has 100 valence electrons. The van der Waals surface area contributed by atoms with Gasteiger partial charge in [0.1, 0.15) is 0 Å². The van der Waals surface area contributed by atoms with E-state index in [0.717, 1.165) is 16.6 Å². The summed E-state index contributed by atoms with van der Waals surface area (Å²) >= 11 is 3.39. The van der Waals surface area contributed by atoms with Crippen LogP contribution in [0.2, 0.25) is 0 Å². The van der Waals surface area contributed by atoms with Crippen LogP contribution in [0.25, 0.3) is 0 Å². The first-order valence-electron chi connectivity index (χ1n) is 6.23. The number of pyridine rings is 1. The third kappa shape index (κ3) is 3.86. The molecule has 0 amide bonds. The number of rotatable bonds is 4. The Bertz CT molecular complexity index is 532. The lowest BCUT2D eigenvalue weighted by atomic mass is 9.98. The number of nitrogens with zero attached hydrogens (tertiary/aromatic N) is 1. The predicted octanol–water partition coefficient (Wildman–Crippen LogP) is 3.21. The van der Waals surface area contributed by atoms with Gasteiger partial charge in [0.25, 0.3) is 0 Å². The smallest absolute Gasteiger partial charge is 0.0515 e. The first kappa shape index (κ1) is 14.2. The second-order valence-corrected chi connectivity index (χ2v) is 5.73. The number of aryl methyl sites for hydroxylation is 2. The summed E-state index contributed by atoms with van der Waals surface area (Å²) in [5, 5.41) is 0. The third-order valence-corrected chi connectivity index (χ3v) is 3.52. The molecule has 0 saturated heterocycles. The van der Waals surface area contributed by atoms with Crippen LogP contribution in [0.4, 0.5) is 0 Å². The second-order valence-electron chi connectivity index (χ2n) is 4.81. The van der Waals surface area contributed by atoms with E-state index < -0.39 is 0 Å². The molecule has 0 saturated carbocycles. The van der Waals surface area contributed by atoms with Crippen molar-refractivity contribution in [1.29, 1.82) is 0 Å². The molecule has 19 heavy (non-hydrogen) atoms. The average molecular weight is 320 g/mol. The standard InChI is InChI=1S/C15H18BrN3/c1-10-5-11(2)7-12(6-10)15(19-17)8-14-4-3-13(16)9-18-14/h3-7,9,15,19H,8,17H2,1-2H3. The van der Waals surface area contributed by atoms with E-state index in [1.165, 1.54) is 16.7 Å². The van der Waals surface area contributed by atoms with Crippen LogP contribution in [0.1, 0.15) is 28.4 Å². The Morgan fingerprint density at radius 3 is 2.42 bits per heavy atom. The van der Waals surface area contributed by atoms with Crippen molar-refractivity contribution in [2.24, 2.45) is 5.84 Å². The maximum Gasteiger partial charge on any atom is 0.0515 e. The number of benzene rings is 1. The lowest BCUT2D eigenvalue weighted by Crippen LogP contribution is -2.30. The molecule has 3 N–H and O–H groups in total. The summed E-state index contributed by atoms with van der Waals surface area (Å²) in [6.45, 7) is 4.20. The quantitative estimate of drug-likeness (QED) is 0.672. The van der Waals surface area contributed by atoms with Gasteiger partial charge in [0, 0.05) is 22.8 Å². The Morgan fingerprint density at radius 1 is 1.21 bits per heavy atom. The zero-order valence-corrected chi connectivity index (χ0v) is 12.7. The fraction of sp³-hybridized carbons (Fsp3) is 0.267. The van der Waals surface area contributed by atoms with E-state index in [2.05, 4.69) is 58.4 Å². The summed E-state index contributed by atoms with van der Waals surface area (Å²) in [6.07, 6.45) is 2.58. The molecule has 2 rings (SSSR count). The highest BCUT2D eigenvalue weighted by molar-refractivity contribution is 9.10. The topological polar surface area (TPSA) is 50.9 Å². The molecule has 4 heteroatoms. The maximum absolute atomic E-state index is 5.70. The summed E-state index contributed by atoms with van der Waals surface area (Å²) in [4.78, 5) is 4.39. The van der Waals surface area contributed by atoms with Gasteiger partial charge < -0.3 is 0 Å². The monoisotopic (exact) mass is 319 g/mol. The van der Waals surface area contributed by atoms with Crippen molar-refractivity contribution >= 4 is 15.9 Å². The Morgan fingerprint density at radius 2 is 1.89 bits per heavy atom. The van der Waals surface area contributed by atoms with Crippen molar-refractivity contribution in [2.75, 3.05) is 0 Å². The number of hydrazine groups is 1. The van der Waals surface area contributed by atoms with Gasteiger partial charge in [-0.2, -0.15) is 0 Å². The van der Waals surface area contributed by atoms with Crippen LogP contribution >= 0.6 is 15.9 Å². The maximum atomic E-state index is 5.70. The van der Waals surface area contributed by atoms with Crippen molar-refractivity contribution in [1.82, 2.24) is 10.4 Å². The molecule has 0 spiro atoms. The predicted molar refractivity (Wildman–Crippen MR) is 81.6 cm³/mol. The number of nitrogens with two attached hydrogens (primary N) is 1. The lowest BCUT2D eigenvalue weighted by Gasteiger charge is -2.17. The van der Waals surface area contributed by atoms with E-state index in [-0.39, 0.29) is 6.04 Å². The number of nitrogens with one attached hydrogen (secondary N) is 1. The van der Waals surface area contributed by atoms with Crippen LogP contribution in [0.3, 0.4) is 0 Å². The molecule has 1 aromatic carbocycles. The number of halogens is 1. The van der Waals surface area contributed by atoms with Gasteiger partial charge in [-0.25, -0.2) is 0 Å². The SMILES string of the molecule is Cc1cc(C)cc(C(Cc2ccc(Br)cn2)NN)c1. The minimum atomic E-state index is 0.0762. The highest BCUT2D eigenvalue weighted by Gasteiger charge is 2.12. The van der Waals surface area contributed by atoms with Gasteiger partial charge >= 0.3 is 0 Å². The molecule has 0 radical (unpaired) electrons. The molecule has 0 bridgehead atoms. The Balaban J connectivity index is 2.22. The van der Waals surface area contributed by atoms with Gasteiger partial charge in [0.15, 0.2) is 0 Å². The number of aromatic nitrogens is 1. The second kappa shape index (κ2) is 6.28. The molecule has 0 aliphatic heterocycles. The van der Waals surface area contributed by atoms with Crippen LogP contribution in [0.5, 0.6) is 0 Å². The number of hydrogen-bond acceptors (Lipinski definition) is 3. The summed E-state index contributed by atoms with van der Waals surface area (Å²) in [5.74, 6) is 5.70. The van der Waals surface area contributed by atoms with Crippen LogP contribution in [-0.4, -0.2) is 4.98 Å². The van der Waals surface area contributed by atoms with Gasteiger partial charge in [-0.05, 0) is 47.5 Å². The highest BCUT2D eigenvalue weighted by atomic mass is 79.9. The van der Waals surface area contributed by atoms with E-state index in [9.17, 15) is 0 Å². The third-order valence-electron chi connectivity index (χ3n) is 3.05. The molecule has 2 aromatic rings. The van der Waals surface area contributed by atoms with Crippen molar-refractivity contribution in [3.05, 3.63) is 63.4 Å². The minimum Gasteiger partial charge on any atom is -0.271 e. The van der Waals surface area contributed by atoms with Crippen molar-refractivity contribution in [2.45, 2.75) is 26.3 Å². The van der Waals surface area contributed by atoms with Gasteiger partial charge in [0.05, 0.1) is 6.04 Å². The van der Waals surface area contributed by atoms with Crippen LogP contribution in [0.15, 0.2) is 41.0 Å². The molecule has 3 nitrogen and oxygen atoms in total. The normalized spacial score (nSPS) is 12.4. The molecule has 0 fully saturated rings. The zero-order valence-electron chi connectivity index (χ0n) is 11.2. The molecule has 1 aromatic heterocycles.